The van der Waals surface area contributed by atoms with Crippen LogP contribution in [0.4, 0.5) is 4.39 Å². The zero-order chi connectivity index (χ0) is 25.0. The first-order chi connectivity index (χ1) is 17.4. The molecule has 0 fully saturated rings. The predicted octanol–water partition coefficient (Wildman–Crippen LogP) is 4.43. The number of benzene rings is 1. The fraction of sp³-hybridized carbons (Fsp3) is 0.167. The van der Waals surface area contributed by atoms with Crippen molar-refractivity contribution in [3.63, 3.8) is 0 Å². The van der Waals surface area contributed by atoms with Crippen molar-refractivity contribution in [2.45, 2.75) is 25.2 Å². The number of aliphatic imine (C=N–C) groups is 1. The lowest BCUT2D eigenvalue weighted by atomic mass is 9.94. The molecule has 3 aromatic heterocycles. The lowest BCUT2D eigenvalue weighted by Crippen LogP contribution is -2.34. The Balaban J connectivity index is 1.31. The molecule has 6 rings (SSSR count). The zero-order valence-electron chi connectivity index (χ0n) is 18.4. The summed E-state index contributed by atoms with van der Waals surface area (Å²) in [4.78, 5) is 15.4. The fourth-order valence-electron chi connectivity index (χ4n) is 4.86. The van der Waals surface area contributed by atoms with Gasteiger partial charge in [0.1, 0.15) is 11.2 Å². The number of carboxylic acid groups (broad SMARTS) is 1. The third-order valence-corrected chi connectivity index (χ3v) is 7.66. The van der Waals surface area contributed by atoms with Crippen LogP contribution in [0.3, 0.4) is 0 Å². The molecule has 0 saturated heterocycles. The summed E-state index contributed by atoms with van der Waals surface area (Å²) >= 11 is 7.12. The summed E-state index contributed by atoms with van der Waals surface area (Å²) in [5.74, 6) is -2.25. The van der Waals surface area contributed by atoms with E-state index in [1.165, 1.54) is 22.6 Å². The number of halogens is 2. The highest BCUT2D eigenvalue weighted by molar-refractivity contribution is 7.12. The number of aromatic nitrogens is 5. The van der Waals surface area contributed by atoms with Crippen LogP contribution < -0.4 is 4.73 Å². The maximum Gasteiger partial charge on any atom is 0.348 e. The number of thiophene rings is 1. The quantitative estimate of drug-likeness (QED) is 0.306. The van der Waals surface area contributed by atoms with Gasteiger partial charge in [-0.2, -0.15) is 9.41 Å². The van der Waals surface area contributed by atoms with E-state index < -0.39 is 11.8 Å². The van der Waals surface area contributed by atoms with Crippen molar-refractivity contribution in [1.82, 2.24) is 20.2 Å². The Hall–Kier alpha value is -3.96. The molecule has 0 spiro atoms. The van der Waals surface area contributed by atoms with Crippen LogP contribution in [0, 0.1) is 11.0 Å². The number of rotatable bonds is 5. The second-order valence-corrected chi connectivity index (χ2v) is 9.84. The van der Waals surface area contributed by atoms with Crippen LogP contribution in [-0.4, -0.2) is 37.0 Å². The molecule has 0 bridgehead atoms. The first-order valence-corrected chi connectivity index (χ1v) is 12.2. The van der Waals surface area contributed by atoms with Gasteiger partial charge in [-0.15, -0.1) is 16.4 Å². The van der Waals surface area contributed by atoms with Crippen molar-refractivity contribution in [3.8, 4) is 16.8 Å². The van der Waals surface area contributed by atoms with Gasteiger partial charge in [0.2, 0.25) is 5.69 Å². The molecule has 9 nitrogen and oxygen atoms in total. The van der Waals surface area contributed by atoms with Gasteiger partial charge in [-0.25, -0.2) is 9.18 Å². The Kier molecular flexibility index (Phi) is 5.38. The summed E-state index contributed by atoms with van der Waals surface area (Å²) in [7, 11) is 0. The average molecular weight is 523 g/mol. The van der Waals surface area contributed by atoms with E-state index in [-0.39, 0.29) is 16.4 Å². The Morgan fingerprint density at radius 2 is 2.17 bits per heavy atom. The summed E-state index contributed by atoms with van der Waals surface area (Å²) in [6.45, 7) is 0. The number of allylic oxidation sites excluding steroid dienone is 1. The third kappa shape index (κ3) is 3.67. The Morgan fingerprint density at radius 1 is 1.31 bits per heavy atom. The van der Waals surface area contributed by atoms with Crippen LogP contribution >= 0.6 is 22.9 Å². The van der Waals surface area contributed by atoms with Gasteiger partial charge in [0.05, 0.1) is 11.6 Å². The van der Waals surface area contributed by atoms with E-state index in [4.69, 9.17) is 16.7 Å². The van der Waals surface area contributed by atoms with Gasteiger partial charge < -0.3 is 10.3 Å². The van der Waals surface area contributed by atoms with Gasteiger partial charge in [0.25, 0.3) is 0 Å². The van der Waals surface area contributed by atoms with E-state index in [1.807, 2.05) is 6.07 Å². The Bertz CT molecular complexity index is 1600. The van der Waals surface area contributed by atoms with Crippen LogP contribution in [0.1, 0.15) is 45.3 Å². The lowest BCUT2D eigenvalue weighted by molar-refractivity contribution is -0.613. The van der Waals surface area contributed by atoms with Gasteiger partial charge in [-0.05, 0) is 53.1 Å². The number of hydrogen-bond acceptors (Lipinski definition) is 7. The van der Waals surface area contributed by atoms with Crippen molar-refractivity contribution in [2.75, 3.05) is 0 Å². The number of aryl methyl sites for hydroxylation is 1. The number of carbonyl (C=O) groups is 1. The van der Waals surface area contributed by atoms with Crippen molar-refractivity contribution < 1.29 is 19.0 Å². The van der Waals surface area contributed by atoms with E-state index in [0.717, 1.165) is 32.9 Å². The largest absolute Gasteiger partial charge is 0.618 e. The van der Waals surface area contributed by atoms with Crippen LogP contribution in [0.25, 0.3) is 22.4 Å². The van der Waals surface area contributed by atoms with Gasteiger partial charge >= 0.3 is 5.97 Å². The number of nitrogens with zero attached hydrogens (tertiary/aromatic N) is 6. The van der Waals surface area contributed by atoms with Crippen LogP contribution in [0.15, 0.2) is 53.4 Å². The molecule has 4 heterocycles. The molecule has 1 aliphatic carbocycles. The molecule has 0 amide bonds. The van der Waals surface area contributed by atoms with E-state index in [9.17, 15) is 14.4 Å². The number of carboxylic acids is 1. The first-order valence-electron chi connectivity index (χ1n) is 11.0. The van der Waals surface area contributed by atoms with E-state index in [0.29, 0.717) is 46.8 Å². The summed E-state index contributed by atoms with van der Waals surface area (Å²) in [5, 5.41) is 35.8. The minimum Gasteiger partial charge on any atom is -0.618 e. The lowest BCUT2D eigenvalue weighted by Gasteiger charge is -2.14. The van der Waals surface area contributed by atoms with Gasteiger partial charge in [-0.1, -0.05) is 11.6 Å². The molecular formula is C24H16ClFN6O3S. The van der Waals surface area contributed by atoms with Crippen LogP contribution in [0.2, 0.25) is 5.02 Å². The number of fused-ring (bicyclic) bond motifs is 1. The minimum atomic E-state index is -1.29. The second-order valence-electron chi connectivity index (χ2n) is 8.52. The Labute approximate surface area is 212 Å². The predicted molar refractivity (Wildman–Crippen MR) is 131 cm³/mol. The molecule has 1 N–H and O–H groups in total. The number of aromatic carboxylic acids is 1. The van der Waals surface area contributed by atoms with Crippen molar-refractivity contribution in [2.24, 2.45) is 4.99 Å². The van der Waals surface area contributed by atoms with Crippen molar-refractivity contribution in [3.05, 3.63) is 86.1 Å². The molecular weight excluding hydrogens is 507 g/mol. The zero-order valence-corrected chi connectivity index (χ0v) is 20.0. The monoisotopic (exact) mass is 522 g/mol. The molecule has 36 heavy (non-hydrogen) atoms. The van der Waals surface area contributed by atoms with Crippen molar-refractivity contribution >= 4 is 40.2 Å². The molecule has 12 heteroatoms. The Morgan fingerprint density at radius 3 is 2.92 bits per heavy atom. The smallest absolute Gasteiger partial charge is 0.348 e. The van der Waals surface area contributed by atoms with Crippen molar-refractivity contribution in [1.29, 1.82) is 0 Å². The number of pyridine rings is 1. The summed E-state index contributed by atoms with van der Waals surface area (Å²) in [6, 6.07) is 7.27. The van der Waals surface area contributed by atoms with E-state index >= 15 is 0 Å². The third-order valence-electron chi connectivity index (χ3n) is 6.48. The molecule has 2 aliphatic rings. The SMILES string of the molecule is O=C(O)c1scc(C2=CN=C(C3CCc4cc(-c5cc(Cl)ccc5-n5cnnn5)c[n+]([O-])c43)C2)c1F. The van der Waals surface area contributed by atoms with Crippen LogP contribution in [-0.2, 0) is 6.42 Å². The highest BCUT2D eigenvalue weighted by Gasteiger charge is 2.37. The molecule has 1 aromatic carbocycles. The number of tetrazole rings is 1. The molecule has 1 unspecified atom stereocenters. The minimum absolute atomic E-state index is 0.209. The van der Waals surface area contributed by atoms with Gasteiger partial charge in [0.15, 0.2) is 12.0 Å². The molecule has 1 atom stereocenters. The standard InChI is InChI=1S/C24H16ClFN6O3S/c25-15-2-4-20(31-11-28-29-30-31)17(7-15)14-5-12-1-3-16(22(12)32(35)9-14)19-6-13(8-27-19)18-10-36-23(21(18)26)24(33)34/h2,4-5,7-11,16H,1,3,6H2,(H,33,34). The van der Waals surface area contributed by atoms with Crippen LogP contribution in [0.5, 0.6) is 0 Å². The molecule has 1 aliphatic heterocycles. The molecule has 4 aromatic rings. The second kappa shape index (κ2) is 8.61. The molecule has 0 saturated carbocycles. The normalized spacial score (nSPS) is 16.7. The number of hydrogen-bond donors (Lipinski definition) is 1. The highest BCUT2D eigenvalue weighted by atomic mass is 35.5. The topological polar surface area (TPSA) is 120 Å². The van der Waals surface area contributed by atoms with E-state index in [1.54, 1.807) is 24.4 Å². The summed E-state index contributed by atoms with van der Waals surface area (Å²) in [6.07, 6.45) is 6.29. The molecule has 0 radical (unpaired) electrons. The maximum atomic E-state index is 14.6. The van der Waals surface area contributed by atoms with E-state index in [2.05, 4.69) is 20.5 Å². The molecule has 180 valence electrons. The van der Waals surface area contributed by atoms with Gasteiger partial charge in [0, 0.05) is 51.0 Å². The summed E-state index contributed by atoms with van der Waals surface area (Å²) < 4.78 is 17.0. The fourth-order valence-corrected chi connectivity index (χ4v) is 5.84. The highest BCUT2D eigenvalue weighted by Crippen LogP contribution is 2.40. The maximum absolute atomic E-state index is 14.6. The van der Waals surface area contributed by atoms with Gasteiger partial charge in [-0.3, -0.25) is 4.99 Å². The average Bonchev–Trinajstić information content (AvgIpc) is 3.64. The summed E-state index contributed by atoms with van der Waals surface area (Å²) in [5.41, 5.74) is 5.24. The first kappa shape index (κ1) is 22.5.